The van der Waals surface area contributed by atoms with E-state index in [2.05, 4.69) is 24.3 Å². The molecule has 1 saturated heterocycles. The van der Waals surface area contributed by atoms with Crippen molar-refractivity contribution in [2.45, 2.75) is 22.5 Å². The number of ether oxygens (including phenoxy) is 2. The van der Waals surface area contributed by atoms with Crippen LogP contribution in [0.2, 0.25) is 0 Å². The van der Waals surface area contributed by atoms with E-state index in [9.17, 15) is 4.79 Å². The van der Waals surface area contributed by atoms with E-state index in [1.807, 2.05) is 24.3 Å². The molecule has 1 aliphatic rings. The van der Waals surface area contributed by atoms with Gasteiger partial charge in [-0.3, -0.25) is 0 Å². The van der Waals surface area contributed by atoms with E-state index >= 15 is 0 Å². The Morgan fingerprint density at radius 3 is 1.52 bits per heavy atom. The Hall–Kier alpha value is -1.77. The number of hydrogen-bond donors (Lipinski definition) is 0. The first-order valence-electron chi connectivity index (χ1n) is 7.64. The molecule has 1 heterocycles. The van der Waals surface area contributed by atoms with Crippen molar-refractivity contribution in [3.63, 3.8) is 0 Å². The fourth-order valence-electron chi connectivity index (χ4n) is 2.82. The zero-order valence-electron chi connectivity index (χ0n) is 13.3. The predicted octanol–water partition coefficient (Wildman–Crippen LogP) is 3.55. The molecule has 2 aromatic rings. The van der Waals surface area contributed by atoms with Gasteiger partial charge in [0.2, 0.25) is 0 Å². The maximum atomic E-state index is 12.2. The summed E-state index contributed by atoms with van der Waals surface area (Å²) >= 11 is 0.358. The van der Waals surface area contributed by atoms with E-state index in [-0.39, 0.29) is 0 Å². The van der Waals surface area contributed by atoms with Crippen molar-refractivity contribution in [3.05, 3.63) is 59.7 Å². The topological polar surface area (TPSA) is 35.5 Å². The summed E-state index contributed by atoms with van der Waals surface area (Å²) in [6.45, 7) is 0. The van der Waals surface area contributed by atoms with Crippen LogP contribution in [0.3, 0.4) is 0 Å². The second kappa shape index (κ2) is 7.20. The van der Waals surface area contributed by atoms with Crippen LogP contribution in [0.1, 0.15) is 33.6 Å². The Kier molecular flexibility index (Phi) is 5.04. The van der Waals surface area contributed by atoms with Crippen molar-refractivity contribution in [1.29, 1.82) is 0 Å². The molecule has 4 heteroatoms. The summed E-state index contributed by atoms with van der Waals surface area (Å²) in [5.74, 6) is 2.07. The van der Waals surface area contributed by atoms with Gasteiger partial charge in [0, 0.05) is 0 Å². The number of ketones is 1. The van der Waals surface area contributed by atoms with E-state index in [1.165, 1.54) is 11.1 Å². The average Bonchev–Trinajstić information content (AvgIpc) is 2.61. The first-order chi connectivity index (χ1) is 11.2. The zero-order chi connectivity index (χ0) is 16.2. The van der Waals surface area contributed by atoms with Gasteiger partial charge < -0.3 is 0 Å². The van der Waals surface area contributed by atoms with Crippen LogP contribution in [0.4, 0.5) is 0 Å². The van der Waals surface area contributed by atoms with Gasteiger partial charge in [0.05, 0.1) is 0 Å². The van der Waals surface area contributed by atoms with E-state index in [4.69, 9.17) is 9.47 Å². The van der Waals surface area contributed by atoms with Crippen molar-refractivity contribution in [2.75, 3.05) is 14.2 Å². The fourth-order valence-corrected chi connectivity index (χ4v) is 6.16. The van der Waals surface area contributed by atoms with Gasteiger partial charge in [0.15, 0.2) is 0 Å². The molecule has 0 bridgehead atoms. The molecule has 3 rings (SSSR count). The van der Waals surface area contributed by atoms with Gasteiger partial charge in [-0.25, -0.2) is 0 Å². The summed E-state index contributed by atoms with van der Waals surface area (Å²) in [6, 6.07) is 16.3. The minimum absolute atomic E-state index is 0.349. The van der Waals surface area contributed by atoms with Crippen molar-refractivity contribution >= 4 is 20.7 Å². The van der Waals surface area contributed by atoms with Gasteiger partial charge in [0.1, 0.15) is 0 Å². The molecule has 3 nitrogen and oxygen atoms in total. The molecular weight excluding hydrogens is 355 g/mol. The van der Waals surface area contributed by atoms with E-state index < -0.39 is 0 Å². The van der Waals surface area contributed by atoms with Crippen LogP contribution in [0.5, 0.6) is 11.5 Å². The van der Waals surface area contributed by atoms with E-state index in [1.54, 1.807) is 14.2 Å². The molecule has 120 valence electrons. The number of methoxy groups -OCH3 is 2. The summed E-state index contributed by atoms with van der Waals surface area (Å²) in [6.07, 6.45) is 1.33. The quantitative estimate of drug-likeness (QED) is 0.767. The van der Waals surface area contributed by atoms with Crippen LogP contribution in [0, 0.1) is 0 Å². The second-order valence-corrected chi connectivity index (χ2v) is 8.57. The molecular formula is C19H20O3Se. The van der Waals surface area contributed by atoms with Gasteiger partial charge in [0.25, 0.3) is 0 Å². The fraction of sp³-hybridized carbons (Fsp3) is 0.316. The van der Waals surface area contributed by atoms with Crippen LogP contribution in [0.15, 0.2) is 48.5 Å². The van der Waals surface area contributed by atoms with Crippen LogP contribution in [-0.2, 0) is 4.79 Å². The molecule has 2 aromatic carbocycles. The van der Waals surface area contributed by atoms with Crippen molar-refractivity contribution in [1.82, 2.24) is 0 Å². The van der Waals surface area contributed by atoms with E-state index in [0.717, 1.165) is 11.5 Å². The maximum absolute atomic E-state index is 12.2. The third-order valence-corrected chi connectivity index (χ3v) is 7.35. The zero-order valence-corrected chi connectivity index (χ0v) is 15.0. The first kappa shape index (κ1) is 16.1. The molecule has 23 heavy (non-hydrogen) atoms. The third-order valence-electron chi connectivity index (χ3n) is 4.13. The standard InChI is InChI=1S/C19H20O3Se/c1-21-16-7-3-13(4-8-16)18-11-15(20)12-19(23-18)14-5-9-17(22-2)10-6-14/h3-10,18-19H,11-12H2,1-2H3/t18-,19+. The number of carbonyl (C=O) groups excluding carboxylic acids is 1. The molecule has 0 aliphatic carbocycles. The van der Waals surface area contributed by atoms with Crippen LogP contribution in [-0.4, -0.2) is 35.0 Å². The Labute approximate surface area is 143 Å². The van der Waals surface area contributed by atoms with Crippen LogP contribution in [0.25, 0.3) is 0 Å². The number of carbonyl (C=O) groups is 1. The summed E-state index contributed by atoms with van der Waals surface area (Å²) in [4.78, 5) is 12.9. The van der Waals surface area contributed by atoms with Gasteiger partial charge in [-0.15, -0.1) is 0 Å². The average molecular weight is 375 g/mol. The summed E-state index contributed by atoms with van der Waals surface area (Å²) in [5, 5.41) is 0. The van der Waals surface area contributed by atoms with Crippen LogP contribution >= 0.6 is 0 Å². The predicted molar refractivity (Wildman–Crippen MR) is 91.5 cm³/mol. The van der Waals surface area contributed by atoms with Crippen molar-refractivity contribution in [3.8, 4) is 11.5 Å². The molecule has 0 saturated carbocycles. The molecule has 2 atom stereocenters. The Morgan fingerprint density at radius 1 is 0.783 bits per heavy atom. The van der Waals surface area contributed by atoms with Crippen LogP contribution < -0.4 is 9.47 Å². The number of Topliss-reactive ketones (excluding diaryl/α,β-unsaturated/α-hetero) is 1. The Balaban J connectivity index is 1.78. The first-order valence-corrected chi connectivity index (χ1v) is 9.62. The van der Waals surface area contributed by atoms with Gasteiger partial charge in [-0.05, 0) is 0 Å². The van der Waals surface area contributed by atoms with Crippen molar-refractivity contribution in [2.24, 2.45) is 0 Å². The molecule has 0 amide bonds. The second-order valence-electron chi connectivity index (χ2n) is 5.61. The van der Waals surface area contributed by atoms with Crippen molar-refractivity contribution < 1.29 is 14.3 Å². The summed E-state index contributed by atoms with van der Waals surface area (Å²) in [7, 11) is 3.34. The molecule has 1 aliphatic heterocycles. The molecule has 0 unspecified atom stereocenters. The van der Waals surface area contributed by atoms with Gasteiger partial charge >= 0.3 is 143 Å². The molecule has 1 fully saturated rings. The molecule has 0 aromatic heterocycles. The number of hydrogen-bond acceptors (Lipinski definition) is 3. The molecule has 0 N–H and O–H groups in total. The Bertz CT molecular complexity index is 607. The SMILES string of the molecule is COc1ccc([C@@H]2CC(=O)C[C@H](c3ccc(OC)cc3)[Se]2)cc1. The third kappa shape index (κ3) is 3.77. The monoisotopic (exact) mass is 376 g/mol. The number of benzene rings is 2. The minimum atomic E-state index is 0.349. The van der Waals surface area contributed by atoms with E-state index in [0.29, 0.717) is 43.2 Å². The van der Waals surface area contributed by atoms with Gasteiger partial charge in [-0.2, -0.15) is 0 Å². The van der Waals surface area contributed by atoms with Gasteiger partial charge in [-0.1, -0.05) is 0 Å². The molecule has 0 spiro atoms. The summed E-state index contributed by atoms with van der Waals surface area (Å²) in [5.41, 5.74) is 2.50. The molecule has 0 radical (unpaired) electrons. The number of rotatable bonds is 4. The Morgan fingerprint density at radius 2 is 1.17 bits per heavy atom. The summed E-state index contributed by atoms with van der Waals surface area (Å²) < 4.78 is 10.4. The normalized spacial score (nSPS) is 21.0.